The van der Waals surface area contributed by atoms with Crippen LogP contribution in [-0.4, -0.2) is 10.8 Å². The van der Waals surface area contributed by atoms with E-state index < -0.39 is 10.8 Å². The molecule has 2 aromatic carbocycles. The van der Waals surface area contributed by atoms with Crippen molar-refractivity contribution in [2.75, 3.05) is 0 Å². The van der Waals surface area contributed by atoms with E-state index >= 15 is 0 Å². The van der Waals surface area contributed by atoms with E-state index in [9.17, 15) is 14.9 Å². The highest BCUT2D eigenvalue weighted by Gasteiger charge is 2.12. The predicted octanol–water partition coefficient (Wildman–Crippen LogP) is 2.93. The first-order valence-corrected chi connectivity index (χ1v) is 6.30. The second-order valence-corrected chi connectivity index (χ2v) is 4.63. The average Bonchev–Trinajstić information content (AvgIpc) is 2.45. The Balaban J connectivity index is 2.10. The fraction of sp³-hybridized carbons (Fsp3) is 0.0714. The van der Waals surface area contributed by atoms with E-state index in [0.29, 0.717) is 11.3 Å². The lowest BCUT2D eigenvalue weighted by molar-refractivity contribution is -0.384. The monoisotopic (exact) mass is 306 g/mol. The van der Waals surface area contributed by atoms with E-state index in [4.69, 9.17) is 22.1 Å². The van der Waals surface area contributed by atoms with Gasteiger partial charge in [0.15, 0.2) is 0 Å². The van der Waals surface area contributed by atoms with Gasteiger partial charge in [0.1, 0.15) is 17.4 Å². The second-order valence-electron chi connectivity index (χ2n) is 4.22. The molecule has 0 fully saturated rings. The molecule has 0 unspecified atom stereocenters. The van der Waals surface area contributed by atoms with Gasteiger partial charge in [-0.05, 0) is 23.8 Å². The zero-order chi connectivity index (χ0) is 15.4. The van der Waals surface area contributed by atoms with Crippen LogP contribution in [-0.2, 0) is 6.61 Å². The summed E-state index contributed by atoms with van der Waals surface area (Å²) < 4.78 is 5.48. The molecule has 0 aliphatic rings. The Labute approximate surface area is 125 Å². The summed E-state index contributed by atoms with van der Waals surface area (Å²) in [5.41, 5.74) is 6.15. The highest BCUT2D eigenvalue weighted by molar-refractivity contribution is 6.32. The third kappa shape index (κ3) is 3.70. The van der Waals surface area contributed by atoms with Gasteiger partial charge < -0.3 is 10.5 Å². The summed E-state index contributed by atoms with van der Waals surface area (Å²) in [7, 11) is 0. The molecule has 1 amide bonds. The minimum absolute atomic E-state index is 0.00314. The number of benzene rings is 2. The van der Waals surface area contributed by atoms with E-state index in [0.717, 1.165) is 5.56 Å². The molecule has 2 N–H and O–H groups in total. The molecule has 0 spiro atoms. The van der Waals surface area contributed by atoms with Crippen LogP contribution in [0.15, 0.2) is 42.5 Å². The average molecular weight is 307 g/mol. The molecule has 0 radical (unpaired) electrons. The normalized spacial score (nSPS) is 10.1. The first-order valence-electron chi connectivity index (χ1n) is 5.93. The summed E-state index contributed by atoms with van der Waals surface area (Å²) in [5.74, 6) is -0.120. The number of ether oxygens (including phenoxy) is 1. The maximum absolute atomic E-state index is 11.1. The van der Waals surface area contributed by atoms with Gasteiger partial charge in [-0.3, -0.25) is 14.9 Å². The van der Waals surface area contributed by atoms with Crippen LogP contribution in [0.1, 0.15) is 15.9 Å². The molecule has 108 valence electrons. The molecule has 0 bridgehead atoms. The number of primary amides is 1. The van der Waals surface area contributed by atoms with Gasteiger partial charge >= 0.3 is 0 Å². The third-order valence-corrected chi connectivity index (χ3v) is 3.04. The molecule has 0 saturated carbocycles. The molecular formula is C14H11ClN2O4. The van der Waals surface area contributed by atoms with E-state index in [1.54, 1.807) is 24.3 Å². The standard InChI is InChI=1S/C14H11ClN2O4/c15-12-7-11(4-5-13(12)17(19)20)21-8-9-2-1-3-10(6-9)14(16)18/h1-7H,8H2,(H2,16,18). The van der Waals surface area contributed by atoms with Crippen molar-refractivity contribution in [3.05, 3.63) is 68.7 Å². The van der Waals surface area contributed by atoms with Crippen molar-refractivity contribution in [3.63, 3.8) is 0 Å². The lowest BCUT2D eigenvalue weighted by Crippen LogP contribution is -2.11. The third-order valence-electron chi connectivity index (χ3n) is 2.73. The smallest absolute Gasteiger partial charge is 0.288 e. The minimum Gasteiger partial charge on any atom is -0.489 e. The zero-order valence-electron chi connectivity index (χ0n) is 10.8. The van der Waals surface area contributed by atoms with Crippen molar-refractivity contribution in [1.82, 2.24) is 0 Å². The van der Waals surface area contributed by atoms with Gasteiger partial charge in [-0.15, -0.1) is 0 Å². The van der Waals surface area contributed by atoms with Crippen molar-refractivity contribution in [3.8, 4) is 5.75 Å². The van der Waals surface area contributed by atoms with Gasteiger partial charge in [0, 0.05) is 17.7 Å². The fourth-order valence-electron chi connectivity index (χ4n) is 1.71. The SMILES string of the molecule is NC(=O)c1cccc(COc2ccc([N+](=O)[O-])c(Cl)c2)c1. The molecule has 0 aliphatic carbocycles. The van der Waals surface area contributed by atoms with Crippen molar-refractivity contribution in [2.24, 2.45) is 5.73 Å². The number of hydrogen-bond donors (Lipinski definition) is 1. The Bertz CT molecular complexity index is 703. The number of nitrogens with two attached hydrogens (primary N) is 1. The molecule has 2 rings (SSSR count). The number of halogens is 1. The number of carbonyl (C=O) groups excluding carboxylic acids is 1. The Morgan fingerprint density at radius 3 is 2.67 bits per heavy atom. The Morgan fingerprint density at radius 1 is 1.29 bits per heavy atom. The minimum atomic E-state index is -0.567. The summed E-state index contributed by atoms with van der Waals surface area (Å²) in [4.78, 5) is 21.2. The number of nitrogens with zero attached hydrogens (tertiary/aromatic N) is 1. The predicted molar refractivity (Wildman–Crippen MR) is 77.4 cm³/mol. The van der Waals surface area contributed by atoms with Crippen molar-refractivity contribution < 1.29 is 14.5 Å². The Kier molecular flexibility index (Phi) is 4.39. The van der Waals surface area contributed by atoms with Gasteiger partial charge in [0.2, 0.25) is 5.91 Å². The maximum Gasteiger partial charge on any atom is 0.288 e. The topological polar surface area (TPSA) is 95.5 Å². The number of nitro benzene ring substituents is 1. The Morgan fingerprint density at radius 2 is 2.05 bits per heavy atom. The van der Waals surface area contributed by atoms with Crippen LogP contribution < -0.4 is 10.5 Å². The Hall–Kier alpha value is -2.60. The highest BCUT2D eigenvalue weighted by atomic mass is 35.5. The van der Waals surface area contributed by atoms with Gasteiger partial charge in [0.25, 0.3) is 5.69 Å². The van der Waals surface area contributed by atoms with Crippen LogP contribution in [0.3, 0.4) is 0 Å². The molecule has 0 atom stereocenters. The molecular weight excluding hydrogens is 296 g/mol. The first kappa shape index (κ1) is 14.8. The fourth-order valence-corrected chi connectivity index (χ4v) is 1.95. The molecule has 0 saturated heterocycles. The van der Waals surface area contributed by atoms with Crippen LogP contribution >= 0.6 is 11.6 Å². The molecule has 0 aromatic heterocycles. The second kappa shape index (κ2) is 6.23. The lowest BCUT2D eigenvalue weighted by atomic mass is 10.1. The van der Waals surface area contributed by atoms with E-state index in [2.05, 4.69) is 0 Å². The first-order chi connectivity index (χ1) is 9.97. The number of hydrogen-bond acceptors (Lipinski definition) is 4. The van der Waals surface area contributed by atoms with Crippen molar-refractivity contribution >= 4 is 23.2 Å². The largest absolute Gasteiger partial charge is 0.489 e. The number of rotatable bonds is 5. The van der Waals surface area contributed by atoms with Crippen LogP contribution in [0.2, 0.25) is 5.02 Å². The molecule has 0 heterocycles. The van der Waals surface area contributed by atoms with Crippen LogP contribution in [0, 0.1) is 10.1 Å². The van der Waals surface area contributed by atoms with Crippen LogP contribution in [0.4, 0.5) is 5.69 Å². The van der Waals surface area contributed by atoms with Crippen LogP contribution in [0.5, 0.6) is 5.75 Å². The van der Waals surface area contributed by atoms with E-state index in [1.807, 2.05) is 0 Å². The van der Waals surface area contributed by atoms with Gasteiger partial charge in [-0.2, -0.15) is 0 Å². The quantitative estimate of drug-likeness (QED) is 0.678. The summed E-state index contributed by atoms with van der Waals surface area (Å²) in [6.45, 7) is 0.190. The molecule has 7 heteroatoms. The number of carbonyl (C=O) groups is 1. The molecule has 6 nitrogen and oxygen atoms in total. The van der Waals surface area contributed by atoms with E-state index in [1.165, 1.54) is 18.2 Å². The van der Waals surface area contributed by atoms with Crippen molar-refractivity contribution in [2.45, 2.75) is 6.61 Å². The maximum atomic E-state index is 11.1. The zero-order valence-corrected chi connectivity index (χ0v) is 11.5. The van der Waals surface area contributed by atoms with Gasteiger partial charge in [-0.1, -0.05) is 23.7 Å². The van der Waals surface area contributed by atoms with E-state index in [-0.39, 0.29) is 17.3 Å². The summed E-state index contributed by atoms with van der Waals surface area (Å²) >= 11 is 5.79. The molecule has 0 aliphatic heterocycles. The van der Waals surface area contributed by atoms with Crippen molar-refractivity contribution in [1.29, 1.82) is 0 Å². The van der Waals surface area contributed by atoms with Gasteiger partial charge in [-0.25, -0.2) is 0 Å². The summed E-state index contributed by atoms with van der Waals surface area (Å²) in [5, 5.41) is 10.7. The number of amides is 1. The molecule has 21 heavy (non-hydrogen) atoms. The summed E-state index contributed by atoms with van der Waals surface area (Å²) in [6, 6.07) is 10.8. The number of nitro groups is 1. The molecule has 2 aromatic rings. The highest BCUT2D eigenvalue weighted by Crippen LogP contribution is 2.28. The lowest BCUT2D eigenvalue weighted by Gasteiger charge is -2.07. The summed E-state index contributed by atoms with van der Waals surface area (Å²) in [6.07, 6.45) is 0. The van der Waals surface area contributed by atoms with Gasteiger partial charge in [0.05, 0.1) is 4.92 Å². The van der Waals surface area contributed by atoms with Crippen LogP contribution in [0.25, 0.3) is 0 Å².